The number of rotatable bonds is 2. The number of fused-ring (bicyclic) bond motifs is 1. The summed E-state index contributed by atoms with van der Waals surface area (Å²) in [6, 6.07) is 3.14. The van der Waals surface area contributed by atoms with Crippen molar-refractivity contribution >= 4 is 5.52 Å². The lowest BCUT2D eigenvalue weighted by Gasteiger charge is -2.10. The first-order valence-corrected chi connectivity index (χ1v) is 5.09. The Morgan fingerprint density at radius 1 is 1.53 bits per heavy atom. The van der Waals surface area contributed by atoms with Crippen molar-refractivity contribution in [3.05, 3.63) is 36.2 Å². The van der Waals surface area contributed by atoms with Crippen LogP contribution in [-0.2, 0) is 5.41 Å². The molecule has 0 radical (unpaired) electrons. The van der Waals surface area contributed by atoms with Gasteiger partial charge in [-0.2, -0.15) is 0 Å². The normalized spacial score (nSPS) is 18.3. The fraction of sp³-hybridized carbons (Fsp3) is 0.364. The Morgan fingerprint density at radius 2 is 2.33 bits per heavy atom. The van der Waals surface area contributed by atoms with Crippen LogP contribution in [0.25, 0.3) is 5.52 Å². The molecular formula is C11H12FN3. The summed E-state index contributed by atoms with van der Waals surface area (Å²) in [4.78, 5) is 4.30. The number of imidazole rings is 1. The maximum atomic E-state index is 13.4. The van der Waals surface area contributed by atoms with Crippen LogP contribution < -0.4 is 5.73 Å². The summed E-state index contributed by atoms with van der Waals surface area (Å²) in [7, 11) is 0. The quantitative estimate of drug-likeness (QED) is 0.806. The van der Waals surface area contributed by atoms with Crippen molar-refractivity contribution < 1.29 is 4.39 Å². The Morgan fingerprint density at radius 3 is 3.00 bits per heavy atom. The van der Waals surface area contributed by atoms with E-state index in [9.17, 15) is 4.39 Å². The van der Waals surface area contributed by atoms with E-state index in [0.717, 1.165) is 18.7 Å². The summed E-state index contributed by atoms with van der Waals surface area (Å²) < 4.78 is 15.2. The first-order valence-electron chi connectivity index (χ1n) is 5.09. The van der Waals surface area contributed by atoms with E-state index in [0.29, 0.717) is 12.1 Å². The van der Waals surface area contributed by atoms with E-state index in [1.165, 1.54) is 6.07 Å². The molecule has 0 aromatic carbocycles. The van der Waals surface area contributed by atoms with Gasteiger partial charge in [-0.05, 0) is 25.0 Å². The van der Waals surface area contributed by atoms with Crippen LogP contribution in [0, 0.1) is 5.82 Å². The molecule has 0 amide bonds. The summed E-state index contributed by atoms with van der Waals surface area (Å²) in [5, 5.41) is 0. The van der Waals surface area contributed by atoms with Gasteiger partial charge < -0.3 is 10.1 Å². The third-order valence-electron chi connectivity index (χ3n) is 3.24. The molecule has 78 valence electrons. The van der Waals surface area contributed by atoms with Gasteiger partial charge in [-0.3, -0.25) is 0 Å². The fourth-order valence-electron chi connectivity index (χ4n) is 2.05. The number of hydrogen-bond acceptors (Lipinski definition) is 2. The topological polar surface area (TPSA) is 43.3 Å². The molecule has 4 heteroatoms. The maximum Gasteiger partial charge on any atom is 0.148 e. The molecule has 0 aliphatic heterocycles. The standard InChI is InChI=1S/C11H12FN3/c12-8-2-1-5-15-9(8)6-14-10(15)11(7-13)3-4-11/h1-2,5-6H,3-4,7,13H2. The second-order valence-corrected chi connectivity index (χ2v) is 4.18. The first kappa shape index (κ1) is 8.85. The average Bonchev–Trinajstić information content (AvgIpc) is 2.92. The molecule has 0 spiro atoms. The Kier molecular flexibility index (Phi) is 1.65. The van der Waals surface area contributed by atoms with Crippen molar-refractivity contribution in [3.63, 3.8) is 0 Å². The van der Waals surface area contributed by atoms with Crippen LogP contribution in [0.4, 0.5) is 4.39 Å². The van der Waals surface area contributed by atoms with Gasteiger partial charge in [0.25, 0.3) is 0 Å². The van der Waals surface area contributed by atoms with Gasteiger partial charge in [-0.1, -0.05) is 0 Å². The minimum absolute atomic E-state index is 0.000208. The highest BCUT2D eigenvalue weighted by Gasteiger charge is 2.46. The van der Waals surface area contributed by atoms with E-state index in [2.05, 4.69) is 4.98 Å². The van der Waals surface area contributed by atoms with Crippen LogP contribution in [0.1, 0.15) is 18.7 Å². The number of pyridine rings is 1. The molecule has 1 aliphatic rings. The number of nitrogens with zero attached hydrogens (tertiary/aromatic N) is 2. The van der Waals surface area contributed by atoms with Crippen molar-refractivity contribution in [2.24, 2.45) is 5.73 Å². The predicted octanol–water partition coefficient (Wildman–Crippen LogP) is 1.46. The number of hydrogen-bond donors (Lipinski definition) is 1. The summed E-state index contributed by atoms with van der Waals surface area (Å²) >= 11 is 0. The molecule has 0 saturated heterocycles. The smallest absolute Gasteiger partial charge is 0.148 e. The lowest BCUT2D eigenvalue weighted by molar-refractivity contribution is 0.621. The maximum absolute atomic E-state index is 13.4. The monoisotopic (exact) mass is 205 g/mol. The Labute approximate surface area is 86.7 Å². The van der Waals surface area contributed by atoms with Crippen molar-refractivity contribution in [1.82, 2.24) is 9.38 Å². The second-order valence-electron chi connectivity index (χ2n) is 4.18. The minimum Gasteiger partial charge on any atom is -0.329 e. The third-order valence-corrected chi connectivity index (χ3v) is 3.24. The van der Waals surface area contributed by atoms with Gasteiger partial charge in [0, 0.05) is 18.2 Å². The third kappa shape index (κ3) is 1.11. The average molecular weight is 205 g/mol. The lowest BCUT2D eigenvalue weighted by atomic mass is 10.1. The summed E-state index contributed by atoms with van der Waals surface area (Å²) in [5.74, 6) is 0.670. The Bertz CT molecular complexity index is 514. The van der Waals surface area contributed by atoms with Crippen molar-refractivity contribution in [2.75, 3.05) is 6.54 Å². The summed E-state index contributed by atoms with van der Waals surface area (Å²) in [6.07, 6.45) is 5.54. The molecule has 15 heavy (non-hydrogen) atoms. The molecule has 0 atom stereocenters. The molecule has 3 nitrogen and oxygen atoms in total. The second kappa shape index (κ2) is 2.79. The van der Waals surface area contributed by atoms with Gasteiger partial charge in [0.05, 0.1) is 6.20 Å². The predicted molar refractivity (Wildman–Crippen MR) is 55.1 cm³/mol. The van der Waals surface area contributed by atoms with Crippen LogP contribution >= 0.6 is 0 Å². The van der Waals surface area contributed by atoms with Crippen LogP contribution in [0.2, 0.25) is 0 Å². The molecule has 1 fully saturated rings. The molecule has 1 aliphatic carbocycles. The van der Waals surface area contributed by atoms with Gasteiger partial charge >= 0.3 is 0 Å². The SMILES string of the molecule is NCC1(c2ncc3c(F)cccn23)CC1. The van der Waals surface area contributed by atoms with E-state index in [-0.39, 0.29) is 11.2 Å². The zero-order chi connectivity index (χ0) is 10.5. The Balaban J connectivity index is 2.25. The van der Waals surface area contributed by atoms with Crippen LogP contribution in [0.15, 0.2) is 24.5 Å². The molecule has 0 bridgehead atoms. The van der Waals surface area contributed by atoms with Gasteiger partial charge in [-0.15, -0.1) is 0 Å². The molecule has 2 aromatic heterocycles. The largest absolute Gasteiger partial charge is 0.329 e. The van der Waals surface area contributed by atoms with E-state index in [1.807, 2.05) is 10.6 Å². The van der Waals surface area contributed by atoms with Gasteiger partial charge in [0.1, 0.15) is 17.2 Å². The zero-order valence-electron chi connectivity index (χ0n) is 8.28. The highest BCUT2D eigenvalue weighted by atomic mass is 19.1. The van der Waals surface area contributed by atoms with Crippen molar-refractivity contribution in [2.45, 2.75) is 18.3 Å². The molecule has 2 aromatic rings. The number of nitrogens with two attached hydrogens (primary N) is 1. The fourth-order valence-corrected chi connectivity index (χ4v) is 2.05. The first-order chi connectivity index (χ1) is 7.27. The molecule has 3 rings (SSSR count). The van der Waals surface area contributed by atoms with Gasteiger partial charge in [0.2, 0.25) is 0 Å². The van der Waals surface area contributed by atoms with E-state index < -0.39 is 0 Å². The molecule has 2 N–H and O–H groups in total. The van der Waals surface area contributed by atoms with Crippen LogP contribution in [-0.4, -0.2) is 15.9 Å². The number of aromatic nitrogens is 2. The highest BCUT2D eigenvalue weighted by molar-refractivity contribution is 5.49. The molecular weight excluding hydrogens is 193 g/mol. The van der Waals surface area contributed by atoms with Crippen molar-refractivity contribution in [3.8, 4) is 0 Å². The molecule has 0 unspecified atom stereocenters. The van der Waals surface area contributed by atoms with E-state index in [1.54, 1.807) is 12.3 Å². The lowest BCUT2D eigenvalue weighted by Crippen LogP contribution is -2.22. The summed E-state index contributed by atoms with van der Waals surface area (Å²) in [5.41, 5.74) is 6.28. The number of halogens is 1. The molecule has 2 heterocycles. The van der Waals surface area contributed by atoms with E-state index >= 15 is 0 Å². The van der Waals surface area contributed by atoms with Crippen LogP contribution in [0.3, 0.4) is 0 Å². The molecule has 1 saturated carbocycles. The van der Waals surface area contributed by atoms with Crippen molar-refractivity contribution in [1.29, 1.82) is 0 Å². The van der Waals surface area contributed by atoms with Crippen LogP contribution in [0.5, 0.6) is 0 Å². The van der Waals surface area contributed by atoms with E-state index in [4.69, 9.17) is 5.73 Å². The Hall–Kier alpha value is -1.42. The zero-order valence-corrected chi connectivity index (χ0v) is 8.28. The summed E-state index contributed by atoms with van der Waals surface area (Å²) in [6.45, 7) is 0.586. The minimum atomic E-state index is -0.232. The highest BCUT2D eigenvalue weighted by Crippen LogP contribution is 2.46. The van der Waals surface area contributed by atoms with Gasteiger partial charge in [0.15, 0.2) is 0 Å². The van der Waals surface area contributed by atoms with Gasteiger partial charge in [-0.25, -0.2) is 9.37 Å².